The molecule has 1 fully saturated rings. The van der Waals surface area contributed by atoms with Crippen LogP contribution < -0.4 is 5.32 Å². The molecule has 1 amide bonds. The lowest BCUT2D eigenvalue weighted by atomic mass is 9.87. The molecule has 126 valence electrons. The predicted octanol–water partition coefficient (Wildman–Crippen LogP) is 4.34. The van der Waals surface area contributed by atoms with Gasteiger partial charge in [0, 0.05) is 12.3 Å². The Morgan fingerprint density at radius 3 is 2.48 bits per heavy atom. The molecule has 1 saturated carbocycles. The van der Waals surface area contributed by atoms with E-state index in [9.17, 15) is 4.79 Å². The smallest absolute Gasteiger partial charge is 0.407 e. The average molecular weight is 316 g/mol. The normalized spacial score (nSPS) is 22.0. The summed E-state index contributed by atoms with van der Waals surface area (Å²) in [6, 6.07) is 10.5. The lowest BCUT2D eigenvalue weighted by Crippen LogP contribution is -2.41. The highest BCUT2D eigenvalue weighted by Crippen LogP contribution is 2.23. The summed E-state index contributed by atoms with van der Waals surface area (Å²) in [5.41, 5.74) is 0.801. The van der Waals surface area contributed by atoms with E-state index in [0.717, 1.165) is 32.2 Å². The highest BCUT2D eigenvalue weighted by Gasteiger charge is 2.23. The maximum atomic E-state index is 11.8. The molecule has 0 spiro atoms. The third-order valence-corrected chi connectivity index (χ3v) is 3.93. The standard InChI is InChI=1S/C19H28N2O2/c1-19(2,3)23-18(22)21-17-11-9-16(10-12-17)14-20-13-15-7-5-4-6-8-15/h4-8,14,16-17H,9-13H2,1-3H3,(H,21,22)/t16-,17-. The number of nitrogens with one attached hydrogen (secondary N) is 1. The van der Waals surface area contributed by atoms with Crippen LogP contribution in [0.2, 0.25) is 0 Å². The summed E-state index contributed by atoms with van der Waals surface area (Å²) in [4.78, 5) is 16.3. The van der Waals surface area contributed by atoms with Gasteiger partial charge in [-0.1, -0.05) is 30.3 Å². The van der Waals surface area contributed by atoms with Gasteiger partial charge in [0.1, 0.15) is 5.60 Å². The zero-order chi connectivity index (χ0) is 16.7. The molecular weight excluding hydrogens is 288 g/mol. The second-order valence-corrected chi connectivity index (χ2v) is 7.23. The van der Waals surface area contributed by atoms with Crippen molar-refractivity contribution >= 4 is 12.3 Å². The summed E-state index contributed by atoms with van der Waals surface area (Å²) in [5.74, 6) is 0.524. The van der Waals surface area contributed by atoms with Crippen LogP contribution in [0.15, 0.2) is 35.3 Å². The summed E-state index contributed by atoms with van der Waals surface area (Å²) in [7, 11) is 0. The van der Waals surface area contributed by atoms with E-state index >= 15 is 0 Å². The average Bonchev–Trinajstić information content (AvgIpc) is 2.48. The first-order valence-electron chi connectivity index (χ1n) is 8.46. The van der Waals surface area contributed by atoms with Gasteiger partial charge in [-0.2, -0.15) is 0 Å². The van der Waals surface area contributed by atoms with Crippen LogP contribution in [0, 0.1) is 5.92 Å². The number of alkyl carbamates (subject to hydrolysis) is 1. The highest BCUT2D eigenvalue weighted by atomic mass is 16.6. The number of aliphatic imine (C=N–C) groups is 1. The van der Waals surface area contributed by atoms with E-state index in [2.05, 4.69) is 28.7 Å². The second kappa shape index (κ2) is 8.14. The van der Waals surface area contributed by atoms with Gasteiger partial charge in [-0.05, 0) is 57.9 Å². The van der Waals surface area contributed by atoms with E-state index in [0.29, 0.717) is 5.92 Å². The maximum absolute atomic E-state index is 11.8. The number of ether oxygens (including phenoxy) is 1. The van der Waals surface area contributed by atoms with E-state index in [-0.39, 0.29) is 12.1 Å². The molecule has 0 bridgehead atoms. The molecule has 1 aliphatic carbocycles. The molecule has 1 aliphatic rings. The van der Waals surface area contributed by atoms with Crippen molar-refractivity contribution in [3.05, 3.63) is 35.9 Å². The van der Waals surface area contributed by atoms with Gasteiger partial charge in [0.2, 0.25) is 0 Å². The summed E-state index contributed by atoms with van der Waals surface area (Å²) in [6.07, 6.45) is 5.90. The number of hydrogen-bond donors (Lipinski definition) is 1. The lowest BCUT2D eigenvalue weighted by Gasteiger charge is -2.28. The minimum absolute atomic E-state index is 0.226. The van der Waals surface area contributed by atoms with Crippen LogP contribution in [-0.4, -0.2) is 24.0 Å². The van der Waals surface area contributed by atoms with E-state index in [1.54, 1.807) is 0 Å². The summed E-state index contributed by atoms with van der Waals surface area (Å²) in [6.45, 7) is 6.39. The van der Waals surface area contributed by atoms with Gasteiger partial charge >= 0.3 is 6.09 Å². The minimum atomic E-state index is -0.439. The largest absolute Gasteiger partial charge is 0.444 e. The molecule has 4 heteroatoms. The van der Waals surface area contributed by atoms with Gasteiger partial charge in [0.15, 0.2) is 0 Å². The van der Waals surface area contributed by atoms with Crippen molar-refractivity contribution in [1.82, 2.24) is 5.32 Å². The third kappa shape index (κ3) is 6.85. The van der Waals surface area contributed by atoms with Crippen LogP contribution in [0.3, 0.4) is 0 Å². The van der Waals surface area contributed by atoms with Crippen LogP contribution in [0.1, 0.15) is 52.0 Å². The Morgan fingerprint density at radius 1 is 1.22 bits per heavy atom. The predicted molar refractivity (Wildman–Crippen MR) is 93.8 cm³/mol. The van der Waals surface area contributed by atoms with Crippen LogP contribution in [0.25, 0.3) is 0 Å². The topological polar surface area (TPSA) is 50.7 Å². The molecule has 1 aromatic carbocycles. The number of nitrogens with zero attached hydrogens (tertiary/aromatic N) is 1. The first-order valence-corrected chi connectivity index (χ1v) is 8.46. The molecule has 0 unspecified atom stereocenters. The van der Waals surface area contributed by atoms with Crippen LogP contribution in [0.5, 0.6) is 0 Å². The second-order valence-electron chi connectivity index (χ2n) is 7.23. The number of amides is 1. The fraction of sp³-hybridized carbons (Fsp3) is 0.579. The summed E-state index contributed by atoms with van der Waals surface area (Å²) >= 11 is 0. The summed E-state index contributed by atoms with van der Waals surface area (Å²) in [5, 5.41) is 2.97. The monoisotopic (exact) mass is 316 g/mol. The molecule has 0 aromatic heterocycles. The molecule has 0 heterocycles. The molecular formula is C19H28N2O2. The van der Waals surface area contributed by atoms with Gasteiger partial charge in [0.05, 0.1) is 6.54 Å². The number of benzene rings is 1. The zero-order valence-corrected chi connectivity index (χ0v) is 14.4. The Hall–Kier alpha value is -1.84. The number of hydrogen-bond acceptors (Lipinski definition) is 3. The van der Waals surface area contributed by atoms with Crippen LogP contribution in [0.4, 0.5) is 4.79 Å². The maximum Gasteiger partial charge on any atom is 0.407 e. The lowest BCUT2D eigenvalue weighted by molar-refractivity contribution is 0.0491. The van der Waals surface area contributed by atoms with E-state index in [1.165, 1.54) is 5.56 Å². The quantitative estimate of drug-likeness (QED) is 0.840. The Kier molecular flexibility index (Phi) is 6.20. The van der Waals surface area contributed by atoms with Crippen molar-refractivity contribution in [3.63, 3.8) is 0 Å². The van der Waals surface area contributed by atoms with Crippen molar-refractivity contribution in [2.45, 2.75) is 64.6 Å². The van der Waals surface area contributed by atoms with Gasteiger partial charge in [-0.25, -0.2) is 4.79 Å². The molecule has 0 saturated heterocycles. The first-order chi connectivity index (χ1) is 10.9. The molecule has 0 aliphatic heterocycles. The molecule has 0 atom stereocenters. The third-order valence-electron chi connectivity index (χ3n) is 3.93. The number of carbonyl (C=O) groups excluding carboxylic acids is 1. The van der Waals surface area contributed by atoms with Crippen molar-refractivity contribution in [2.75, 3.05) is 0 Å². The SMILES string of the molecule is CC(C)(C)OC(=O)N[C@H]1CC[C@H](C=NCc2ccccc2)CC1. The first kappa shape index (κ1) is 17.5. The Morgan fingerprint density at radius 2 is 1.87 bits per heavy atom. The molecule has 23 heavy (non-hydrogen) atoms. The Balaban J connectivity index is 1.68. The number of carbonyl (C=O) groups is 1. The van der Waals surface area contributed by atoms with Crippen molar-refractivity contribution in [2.24, 2.45) is 10.9 Å². The fourth-order valence-electron chi connectivity index (χ4n) is 2.78. The molecule has 0 radical (unpaired) electrons. The van der Waals surface area contributed by atoms with E-state index < -0.39 is 5.60 Å². The van der Waals surface area contributed by atoms with Crippen molar-refractivity contribution in [3.8, 4) is 0 Å². The van der Waals surface area contributed by atoms with Crippen molar-refractivity contribution < 1.29 is 9.53 Å². The van der Waals surface area contributed by atoms with Crippen LogP contribution >= 0.6 is 0 Å². The molecule has 2 rings (SSSR count). The van der Waals surface area contributed by atoms with Gasteiger partial charge in [0.25, 0.3) is 0 Å². The van der Waals surface area contributed by atoms with E-state index in [4.69, 9.17) is 4.74 Å². The highest BCUT2D eigenvalue weighted by molar-refractivity contribution is 5.68. The molecule has 1 aromatic rings. The summed E-state index contributed by atoms with van der Waals surface area (Å²) < 4.78 is 5.30. The minimum Gasteiger partial charge on any atom is -0.444 e. The van der Waals surface area contributed by atoms with Gasteiger partial charge < -0.3 is 10.1 Å². The van der Waals surface area contributed by atoms with Crippen LogP contribution in [-0.2, 0) is 11.3 Å². The molecule has 4 nitrogen and oxygen atoms in total. The van der Waals surface area contributed by atoms with E-state index in [1.807, 2.05) is 39.0 Å². The van der Waals surface area contributed by atoms with Crippen molar-refractivity contribution in [1.29, 1.82) is 0 Å². The molecule has 1 N–H and O–H groups in total. The number of rotatable bonds is 4. The Bertz CT molecular complexity index is 512. The fourth-order valence-corrected chi connectivity index (χ4v) is 2.78. The zero-order valence-electron chi connectivity index (χ0n) is 14.4. The Labute approximate surface area is 139 Å². The van der Waals surface area contributed by atoms with Gasteiger partial charge in [-0.15, -0.1) is 0 Å². The van der Waals surface area contributed by atoms with Gasteiger partial charge in [-0.3, -0.25) is 4.99 Å².